The third-order valence-corrected chi connectivity index (χ3v) is 15.6. The number of hydrogen-bond donors (Lipinski definition) is 2. The van der Waals surface area contributed by atoms with Crippen LogP contribution in [-0.4, -0.2) is 54.4 Å². The van der Waals surface area contributed by atoms with Gasteiger partial charge in [0, 0.05) is 6.42 Å². The van der Waals surface area contributed by atoms with E-state index in [0.717, 1.165) is 47.7 Å². The molecule has 0 saturated carbocycles. The van der Waals surface area contributed by atoms with Crippen molar-refractivity contribution in [3.05, 3.63) is 108 Å². The van der Waals surface area contributed by atoms with E-state index in [2.05, 4.69) is 27.7 Å². The standard InChI is InChI=1S/C41H61O9PSi/c1-6-11-28-40(50-52(8-3,9-4)10-5)39(47-32-36-26-20-15-21-27-36)38(46-31-35-24-18-14-19-25-35)37(33-45-30-34-22-16-13-17-23-34)48-41(40,29-12-7-2)49-51(42,43)44/h13-27,37-39H,6-12,28-33H2,1-5H3,(H2,42,43,44)/t37-,38-,39+,40-,41+/m1/s1. The van der Waals surface area contributed by atoms with Crippen LogP contribution < -0.4 is 0 Å². The van der Waals surface area contributed by atoms with Crippen LogP contribution in [0.1, 0.15) is 89.8 Å². The van der Waals surface area contributed by atoms with E-state index in [1.807, 2.05) is 97.9 Å². The molecule has 0 bridgehead atoms. The molecule has 0 unspecified atom stereocenters. The fraction of sp³-hybridized carbons (Fsp3) is 0.561. The Balaban J connectivity index is 1.96. The van der Waals surface area contributed by atoms with Gasteiger partial charge in [0.25, 0.3) is 0 Å². The second kappa shape index (κ2) is 20.5. The predicted octanol–water partition coefficient (Wildman–Crippen LogP) is 9.72. The number of phosphoric ester groups is 1. The Hall–Kier alpha value is -2.21. The first-order valence-corrected chi connectivity index (χ1v) is 23.2. The fourth-order valence-corrected chi connectivity index (χ4v) is 11.1. The molecule has 4 rings (SSSR count). The normalized spacial score (nSPS) is 23.9. The Labute approximate surface area is 312 Å². The van der Waals surface area contributed by atoms with Crippen molar-refractivity contribution in [1.82, 2.24) is 0 Å². The van der Waals surface area contributed by atoms with E-state index in [-0.39, 0.29) is 26.2 Å². The SMILES string of the molecule is CCCC[C@@]1(OP(=O)(O)O)O[C@H](COCc2ccccc2)[C@@H](OCc2ccccc2)[C@H](OCc2ccccc2)[C@@]1(CCCC)O[Si](CC)(CC)CC. The van der Waals surface area contributed by atoms with Crippen molar-refractivity contribution in [2.45, 2.75) is 141 Å². The highest BCUT2D eigenvalue weighted by Gasteiger charge is 2.70. The number of phosphoric acid groups is 1. The van der Waals surface area contributed by atoms with Crippen LogP contribution in [-0.2, 0) is 52.3 Å². The summed E-state index contributed by atoms with van der Waals surface area (Å²) in [5, 5.41) is 0. The van der Waals surface area contributed by atoms with Gasteiger partial charge in [0.2, 0.25) is 5.79 Å². The van der Waals surface area contributed by atoms with E-state index >= 15 is 0 Å². The topological polar surface area (TPSA) is 113 Å². The molecule has 0 spiro atoms. The van der Waals surface area contributed by atoms with Gasteiger partial charge in [-0.3, -0.25) is 4.52 Å². The van der Waals surface area contributed by atoms with Crippen molar-refractivity contribution in [2.75, 3.05) is 6.61 Å². The van der Waals surface area contributed by atoms with Crippen LogP contribution in [0.4, 0.5) is 0 Å². The van der Waals surface area contributed by atoms with Gasteiger partial charge < -0.3 is 33.2 Å². The predicted molar refractivity (Wildman–Crippen MR) is 207 cm³/mol. The summed E-state index contributed by atoms with van der Waals surface area (Å²) in [6.07, 6.45) is 0.992. The number of unbranched alkanes of at least 4 members (excludes halogenated alkanes) is 2. The quantitative estimate of drug-likeness (QED) is 0.0722. The van der Waals surface area contributed by atoms with E-state index in [4.69, 9.17) is 27.9 Å². The first kappa shape index (κ1) is 42.5. The monoisotopic (exact) mass is 756 g/mol. The molecule has 3 aromatic carbocycles. The number of ether oxygens (including phenoxy) is 4. The molecule has 0 amide bonds. The van der Waals surface area contributed by atoms with Crippen molar-refractivity contribution < 1.29 is 42.2 Å². The summed E-state index contributed by atoms with van der Waals surface area (Å²) in [5.74, 6) is -1.87. The Morgan fingerprint density at radius 1 is 0.692 bits per heavy atom. The average Bonchev–Trinajstić information content (AvgIpc) is 3.16. The summed E-state index contributed by atoms with van der Waals surface area (Å²) in [6, 6.07) is 32.1. The maximum Gasteiger partial charge on any atom is 0.472 e. The van der Waals surface area contributed by atoms with Gasteiger partial charge in [0.05, 0.1) is 26.4 Å². The third-order valence-electron chi connectivity index (χ3n) is 10.4. The maximum absolute atomic E-state index is 13.2. The van der Waals surface area contributed by atoms with Gasteiger partial charge in [-0.1, -0.05) is 145 Å². The summed E-state index contributed by atoms with van der Waals surface area (Å²) < 4.78 is 54.5. The zero-order valence-electron chi connectivity index (χ0n) is 31.8. The van der Waals surface area contributed by atoms with Crippen LogP contribution in [0.15, 0.2) is 91.0 Å². The van der Waals surface area contributed by atoms with Crippen LogP contribution in [0.25, 0.3) is 0 Å². The highest BCUT2D eigenvalue weighted by Crippen LogP contribution is 2.57. The minimum absolute atomic E-state index is 0.0692. The summed E-state index contributed by atoms with van der Waals surface area (Å²) in [5.41, 5.74) is 1.49. The van der Waals surface area contributed by atoms with Crippen molar-refractivity contribution in [3.63, 3.8) is 0 Å². The molecule has 1 aliphatic heterocycles. The summed E-state index contributed by atoms with van der Waals surface area (Å²) in [7, 11) is -7.72. The Bertz CT molecular complexity index is 1470. The molecule has 5 atom stereocenters. The van der Waals surface area contributed by atoms with Crippen LogP contribution in [0.2, 0.25) is 18.1 Å². The summed E-state index contributed by atoms with van der Waals surface area (Å²) in [4.78, 5) is 21.5. The molecule has 1 saturated heterocycles. The van der Waals surface area contributed by atoms with Gasteiger partial charge >= 0.3 is 7.82 Å². The molecule has 2 N–H and O–H groups in total. The molecule has 1 heterocycles. The molecule has 0 aromatic heterocycles. The van der Waals surface area contributed by atoms with Crippen LogP contribution in [0.3, 0.4) is 0 Å². The molecule has 52 heavy (non-hydrogen) atoms. The van der Waals surface area contributed by atoms with Gasteiger partial charge in [0.15, 0.2) is 8.32 Å². The zero-order chi connectivity index (χ0) is 37.5. The van der Waals surface area contributed by atoms with E-state index in [0.29, 0.717) is 25.9 Å². The van der Waals surface area contributed by atoms with Gasteiger partial charge in [-0.15, -0.1) is 0 Å². The second-order valence-electron chi connectivity index (χ2n) is 13.9. The first-order chi connectivity index (χ1) is 25.1. The molecule has 9 nitrogen and oxygen atoms in total. The Morgan fingerprint density at radius 2 is 1.17 bits per heavy atom. The van der Waals surface area contributed by atoms with Crippen molar-refractivity contribution >= 4 is 16.1 Å². The molecule has 1 fully saturated rings. The van der Waals surface area contributed by atoms with E-state index in [9.17, 15) is 14.4 Å². The molecule has 288 valence electrons. The molecule has 3 aromatic rings. The molecule has 0 radical (unpaired) electrons. The van der Waals surface area contributed by atoms with E-state index < -0.39 is 45.8 Å². The van der Waals surface area contributed by atoms with Gasteiger partial charge in [-0.2, -0.15) is 0 Å². The Kier molecular flexibility index (Phi) is 16.7. The average molecular weight is 757 g/mol. The molecular formula is C41H61O9PSi. The smallest absolute Gasteiger partial charge is 0.404 e. The maximum atomic E-state index is 13.2. The van der Waals surface area contributed by atoms with Crippen LogP contribution in [0.5, 0.6) is 0 Å². The number of benzene rings is 3. The van der Waals surface area contributed by atoms with Crippen molar-refractivity contribution in [1.29, 1.82) is 0 Å². The lowest BCUT2D eigenvalue weighted by molar-refractivity contribution is -0.392. The van der Waals surface area contributed by atoms with Gasteiger partial charge in [-0.25, -0.2) is 4.57 Å². The lowest BCUT2D eigenvalue weighted by Crippen LogP contribution is -2.77. The molecular weight excluding hydrogens is 696 g/mol. The van der Waals surface area contributed by atoms with Crippen molar-refractivity contribution in [3.8, 4) is 0 Å². The Morgan fingerprint density at radius 3 is 1.65 bits per heavy atom. The van der Waals surface area contributed by atoms with E-state index in [1.165, 1.54) is 0 Å². The summed E-state index contributed by atoms with van der Waals surface area (Å²) in [6.45, 7) is 11.5. The largest absolute Gasteiger partial charge is 0.472 e. The third kappa shape index (κ3) is 11.2. The lowest BCUT2D eigenvalue weighted by Gasteiger charge is -2.61. The summed E-state index contributed by atoms with van der Waals surface area (Å²) >= 11 is 0. The van der Waals surface area contributed by atoms with Crippen LogP contribution in [0, 0.1) is 0 Å². The number of rotatable bonds is 23. The van der Waals surface area contributed by atoms with Crippen molar-refractivity contribution in [2.24, 2.45) is 0 Å². The minimum Gasteiger partial charge on any atom is -0.404 e. The minimum atomic E-state index is -5.16. The van der Waals surface area contributed by atoms with Gasteiger partial charge in [-0.05, 0) is 47.7 Å². The zero-order valence-corrected chi connectivity index (χ0v) is 33.7. The highest BCUT2D eigenvalue weighted by molar-refractivity contribution is 7.46. The second-order valence-corrected chi connectivity index (χ2v) is 19.8. The molecule has 1 aliphatic rings. The van der Waals surface area contributed by atoms with Crippen LogP contribution >= 0.6 is 7.82 Å². The first-order valence-electron chi connectivity index (χ1n) is 19.2. The lowest BCUT2D eigenvalue weighted by atomic mass is 9.74. The molecule has 0 aliphatic carbocycles. The number of hydrogen-bond acceptors (Lipinski definition) is 7. The fourth-order valence-electron chi connectivity index (χ4n) is 7.36. The van der Waals surface area contributed by atoms with E-state index in [1.54, 1.807) is 0 Å². The van der Waals surface area contributed by atoms with Gasteiger partial charge in [0.1, 0.15) is 23.9 Å². The molecule has 11 heteroatoms. The highest BCUT2D eigenvalue weighted by atomic mass is 31.2.